The van der Waals surface area contributed by atoms with E-state index in [0.717, 1.165) is 12.8 Å². The number of hydrogen-bond acceptors (Lipinski definition) is 3. The Morgan fingerprint density at radius 3 is 2.72 bits per heavy atom. The lowest BCUT2D eigenvalue weighted by Crippen LogP contribution is -2.23. The van der Waals surface area contributed by atoms with Gasteiger partial charge in [0.15, 0.2) is 6.29 Å². The summed E-state index contributed by atoms with van der Waals surface area (Å²) < 4.78 is 5.36. The van der Waals surface area contributed by atoms with Crippen molar-refractivity contribution >= 4 is 5.78 Å². The van der Waals surface area contributed by atoms with Gasteiger partial charge >= 0.3 is 0 Å². The van der Waals surface area contributed by atoms with Crippen molar-refractivity contribution in [1.82, 2.24) is 0 Å². The first-order chi connectivity index (χ1) is 8.39. The summed E-state index contributed by atoms with van der Waals surface area (Å²) in [5, 5.41) is 9.89. The first-order valence-electron chi connectivity index (χ1n) is 6.93. The van der Waals surface area contributed by atoms with Crippen molar-refractivity contribution < 1.29 is 14.6 Å². The van der Waals surface area contributed by atoms with Gasteiger partial charge in [-0.05, 0) is 29.7 Å². The molecule has 0 radical (unpaired) electrons. The molecule has 100 valence electrons. The zero-order valence-electron chi connectivity index (χ0n) is 11.4. The molecule has 4 atom stereocenters. The maximum atomic E-state index is 12.3. The van der Waals surface area contributed by atoms with Gasteiger partial charge in [-0.15, -0.1) is 0 Å². The minimum Gasteiger partial charge on any atom is -0.367 e. The van der Waals surface area contributed by atoms with E-state index in [1.165, 1.54) is 11.1 Å². The molecule has 2 aliphatic carbocycles. The highest BCUT2D eigenvalue weighted by Gasteiger charge is 2.47. The second kappa shape index (κ2) is 3.91. The van der Waals surface area contributed by atoms with E-state index in [1.54, 1.807) is 0 Å². The number of fused-ring (bicyclic) bond motifs is 2. The highest BCUT2D eigenvalue weighted by atomic mass is 16.6. The maximum Gasteiger partial charge on any atom is 0.162 e. The number of aliphatic hydroxyl groups excluding tert-OH is 1. The van der Waals surface area contributed by atoms with E-state index in [2.05, 4.69) is 20.8 Å². The van der Waals surface area contributed by atoms with Gasteiger partial charge in [0.05, 0.1) is 6.61 Å². The van der Waals surface area contributed by atoms with Crippen LogP contribution in [0.2, 0.25) is 0 Å². The number of ketones is 1. The molecule has 3 rings (SSSR count). The Morgan fingerprint density at radius 1 is 1.28 bits per heavy atom. The molecular formula is C15H22O3. The van der Waals surface area contributed by atoms with Gasteiger partial charge in [-0.25, -0.2) is 0 Å². The van der Waals surface area contributed by atoms with Crippen LogP contribution in [-0.2, 0) is 9.53 Å². The van der Waals surface area contributed by atoms with Crippen LogP contribution in [0.5, 0.6) is 0 Å². The van der Waals surface area contributed by atoms with Crippen molar-refractivity contribution in [2.24, 2.45) is 23.2 Å². The molecule has 0 aromatic heterocycles. The van der Waals surface area contributed by atoms with Crippen LogP contribution in [0.1, 0.15) is 40.0 Å². The average Bonchev–Trinajstić information content (AvgIpc) is 2.76. The third-order valence-electron chi connectivity index (χ3n) is 5.04. The molecular weight excluding hydrogens is 228 g/mol. The summed E-state index contributed by atoms with van der Waals surface area (Å²) in [6, 6.07) is 0. The molecule has 1 heterocycles. The number of rotatable bonds is 0. The molecule has 1 N–H and O–H groups in total. The van der Waals surface area contributed by atoms with Gasteiger partial charge in [0.25, 0.3) is 0 Å². The first kappa shape index (κ1) is 12.4. The van der Waals surface area contributed by atoms with Gasteiger partial charge in [-0.3, -0.25) is 4.79 Å². The van der Waals surface area contributed by atoms with E-state index in [1.807, 2.05) is 0 Å². The van der Waals surface area contributed by atoms with Crippen LogP contribution in [0.3, 0.4) is 0 Å². The van der Waals surface area contributed by atoms with E-state index >= 15 is 0 Å². The number of hydrogen-bond donors (Lipinski definition) is 1. The number of carbonyl (C=O) groups is 1. The third-order valence-corrected chi connectivity index (χ3v) is 5.04. The fourth-order valence-electron chi connectivity index (χ4n) is 4.02. The molecule has 3 aliphatic rings. The Balaban J connectivity index is 2.06. The van der Waals surface area contributed by atoms with Crippen LogP contribution >= 0.6 is 0 Å². The quantitative estimate of drug-likeness (QED) is 0.671. The molecule has 1 saturated heterocycles. The molecule has 18 heavy (non-hydrogen) atoms. The van der Waals surface area contributed by atoms with Crippen molar-refractivity contribution in [1.29, 1.82) is 0 Å². The largest absolute Gasteiger partial charge is 0.367 e. The number of aliphatic hydroxyl groups is 1. The topological polar surface area (TPSA) is 46.5 Å². The second-order valence-corrected chi connectivity index (χ2v) is 6.97. The van der Waals surface area contributed by atoms with E-state index in [9.17, 15) is 9.90 Å². The standard InChI is InChI=1S/C15H22O3/c1-8-10-5-15(2,3)6-11(10)12-7-18-14(17)9(12)4-13(8)16/h8-10,14,17H,4-7H2,1-3H3/t8-,9+,10+,14-/m0/s1. The normalized spacial score (nSPS) is 42.8. The zero-order valence-corrected chi connectivity index (χ0v) is 11.4. The molecule has 0 aromatic rings. The summed E-state index contributed by atoms with van der Waals surface area (Å²) in [5.41, 5.74) is 2.92. The second-order valence-electron chi connectivity index (χ2n) is 6.97. The molecule has 0 bridgehead atoms. The maximum absolute atomic E-state index is 12.3. The minimum atomic E-state index is -0.772. The van der Waals surface area contributed by atoms with Gasteiger partial charge < -0.3 is 9.84 Å². The van der Waals surface area contributed by atoms with E-state index in [0.29, 0.717) is 24.7 Å². The Kier molecular flexibility index (Phi) is 2.69. The Bertz CT molecular complexity index is 421. The highest BCUT2D eigenvalue weighted by molar-refractivity contribution is 5.83. The molecule has 0 amide bonds. The number of ether oxygens (including phenoxy) is 1. The molecule has 0 aromatic carbocycles. The van der Waals surface area contributed by atoms with Crippen LogP contribution in [0.4, 0.5) is 0 Å². The third kappa shape index (κ3) is 1.76. The lowest BCUT2D eigenvalue weighted by Gasteiger charge is -2.20. The summed E-state index contributed by atoms with van der Waals surface area (Å²) in [6.45, 7) is 7.12. The Labute approximate surface area is 108 Å². The summed E-state index contributed by atoms with van der Waals surface area (Å²) in [4.78, 5) is 12.3. The van der Waals surface area contributed by atoms with E-state index in [4.69, 9.17) is 4.74 Å². The Morgan fingerprint density at radius 2 is 2.00 bits per heavy atom. The first-order valence-corrected chi connectivity index (χ1v) is 6.93. The lowest BCUT2D eigenvalue weighted by atomic mass is 9.83. The average molecular weight is 250 g/mol. The molecule has 3 heteroatoms. The van der Waals surface area contributed by atoms with Crippen molar-refractivity contribution in [2.45, 2.75) is 46.3 Å². The summed E-state index contributed by atoms with van der Waals surface area (Å²) >= 11 is 0. The Hall–Kier alpha value is -0.670. The molecule has 3 nitrogen and oxygen atoms in total. The van der Waals surface area contributed by atoms with Gasteiger partial charge in [0, 0.05) is 18.3 Å². The van der Waals surface area contributed by atoms with Crippen molar-refractivity contribution in [3.05, 3.63) is 11.1 Å². The molecule has 1 saturated carbocycles. The summed E-state index contributed by atoms with van der Waals surface area (Å²) in [7, 11) is 0. The highest BCUT2D eigenvalue weighted by Crippen LogP contribution is 2.53. The van der Waals surface area contributed by atoms with Crippen molar-refractivity contribution in [2.75, 3.05) is 6.61 Å². The van der Waals surface area contributed by atoms with Gasteiger partial charge in [0.1, 0.15) is 5.78 Å². The van der Waals surface area contributed by atoms with E-state index < -0.39 is 6.29 Å². The van der Waals surface area contributed by atoms with Crippen molar-refractivity contribution in [3.63, 3.8) is 0 Å². The molecule has 0 spiro atoms. The van der Waals surface area contributed by atoms with Gasteiger partial charge in [0.2, 0.25) is 0 Å². The minimum absolute atomic E-state index is 0.0751. The smallest absolute Gasteiger partial charge is 0.162 e. The van der Waals surface area contributed by atoms with Gasteiger partial charge in [-0.1, -0.05) is 26.3 Å². The van der Waals surface area contributed by atoms with Crippen LogP contribution in [0.15, 0.2) is 11.1 Å². The zero-order chi connectivity index (χ0) is 13.1. The number of allylic oxidation sites excluding steroid dienone is 1. The van der Waals surface area contributed by atoms with Crippen molar-refractivity contribution in [3.8, 4) is 0 Å². The number of Topliss-reactive ketones (excluding diaryl/α,β-unsaturated/α-hetero) is 1. The fourth-order valence-corrected chi connectivity index (χ4v) is 4.02. The summed E-state index contributed by atoms with van der Waals surface area (Å²) in [5.74, 6) is 0.696. The molecule has 0 unspecified atom stereocenters. The van der Waals surface area contributed by atoms with Crippen LogP contribution < -0.4 is 0 Å². The van der Waals surface area contributed by atoms with Crippen LogP contribution in [0.25, 0.3) is 0 Å². The summed E-state index contributed by atoms with van der Waals surface area (Å²) in [6.07, 6.45) is 1.82. The fraction of sp³-hybridized carbons (Fsp3) is 0.800. The lowest BCUT2D eigenvalue weighted by molar-refractivity contribution is -0.128. The van der Waals surface area contributed by atoms with Gasteiger partial charge in [-0.2, -0.15) is 0 Å². The van der Waals surface area contributed by atoms with E-state index in [-0.39, 0.29) is 17.3 Å². The monoisotopic (exact) mass is 250 g/mol. The molecule has 1 aliphatic heterocycles. The predicted octanol–water partition coefficient (Wildman–Crippen LogP) is 2.29. The predicted molar refractivity (Wildman–Crippen MR) is 67.8 cm³/mol. The SMILES string of the molecule is C[C@@H]1C(=O)C[C@@H]2C(=C3CC(C)(C)C[C@@H]31)CO[C@@H]2O. The number of carbonyl (C=O) groups excluding carboxylic acids is 1. The van der Waals surface area contributed by atoms with Crippen LogP contribution in [0, 0.1) is 23.2 Å². The van der Waals surface area contributed by atoms with Crippen LogP contribution in [-0.4, -0.2) is 23.8 Å². The molecule has 2 fully saturated rings.